The molecule has 0 aliphatic heterocycles. The summed E-state index contributed by atoms with van der Waals surface area (Å²) in [6.07, 6.45) is 5.77. The highest BCUT2D eigenvalue weighted by Crippen LogP contribution is 2.55. The Morgan fingerprint density at radius 1 is 1.17 bits per heavy atom. The van der Waals surface area contributed by atoms with E-state index < -0.39 is 0 Å². The minimum atomic E-state index is -0.329. The molecule has 0 spiro atoms. The van der Waals surface area contributed by atoms with Crippen LogP contribution in [0.4, 0.5) is 0 Å². The van der Waals surface area contributed by atoms with Crippen LogP contribution in [0.1, 0.15) is 64.0 Å². The van der Waals surface area contributed by atoms with E-state index in [1.165, 1.54) is 24.0 Å². The van der Waals surface area contributed by atoms with Crippen molar-refractivity contribution < 1.29 is 5.11 Å². The lowest BCUT2D eigenvalue weighted by atomic mass is 9.52. The lowest BCUT2D eigenvalue weighted by Crippen LogP contribution is -2.63. The van der Waals surface area contributed by atoms with Crippen LogP contribution >= 0.6 is 0 Å². The van der Waals surface area contributed by atoms with Gasteiger partial charge in [0, 0.05) is 17.5 Å². The van der Waals surface area contributed by atoms with Gasteiger partial charge in [0.25, 0.3) is 0 Å². The predicted molar refractivity (Wildman–Crippen MR) is 99.1 cm³/mol. The van der Waals surface area contributed by atoms with Gasteiger partial charge in [-0.05, 0) is 69.3 Å². The van der Waals surface area contributed by atoms with Crippen molar-refractivity contribution in [3.8, 4) is 0 Å². The van der Waals surface area contributed by atoms with Gasteiger partial charge < -0.3 is 10.4 Å². The SMILES string of the molecule is Cc1cccc(C(C)(C)C(C)NC2C3CC4CC2CC(O)(C4)C3)c1. The molecular weight excluding hydrogens is 294 g/mol. The van der Waals surface area contributed by atoms with E-state index in [0.29, 0.717) is 23.9 Å². The number of benzene rings is 1. The van der Waals surface area contributed by atoms with Crippen molar-refractivity contribution >= 4 is 0 Å². The second-order valence-corrected chi connectivity index (χ2v) is 9.70. The molecule has 4 saturated carbocycles. The van der Waals surface area contributed by atoms with Gasteiger partial charge in [0.15, 0.2) is 0 Å². The fourth-order valence-electron chi connectivity index (χ4n) is 6.05. The van der Waals surface area contributed by atoms with E-state index in [0.717, 1.165) is 25.2 Å². The zero-order chi connectivity index (χ0) is 17.1. The van der Waals surface area contributed by atoms with Crippen LogP contribution in [0.2, 0.25) is 0 Å². The Hall–Kier alpha value is -0.860. The highest BCUT2D eigenvalue weighted by Gasteiger charge is 2.55. The van der Waals surface area contributed by atoms with Crippen LogP contribution in [-0.4, -0.2) is 22.8 Å². The summed E-state index contributed by atoms with van der Waals surface area (Å²) in [4.78, 5) is 0. The van der Waals surface area contributed by atoms with E-state index in [1.807, 2.05) is 0 Å². The molecule has 5 rings (SSSR count). The van der Waals surface area contributed by atoms with Crippen LogP contribution in [0.5, 0.6) is 0 Å². The quantitative estimate of drug-likeness (QED) is 0.869. The fraction of sp³-hybridized carbons (Fsp3) is 0.727. The highest BCUT2D eigenvalue weighted by atomic mass is 16.3. The van der Waals surface area contributed by atoms with Crippen molar-refractivity contribution in [3.05, 3.63) is 35.4 Å². The van der Waals surface area contributed by atoms with E-state index in [2.05, 4.69) is 57.3 Å². The average molecular weight is 328 g/mol. The Balaban J connectivity index is 1.51. The van der Waals surface area contributed by atoms with Crippen LogP contribution < -0.4 is 5.32 Å². The van der Waals surface area contributed by atoms with Gasteiger partial charge in [-0.2, -0.15) is 0 Å². The van der Waals surface area contributed by atoms with Crippen molar-refractivity contribution in [3.63, 3.8) is 0 Å². The lowest BCUT2D eigenvalue weighted by molar-refractivity contribution is -0.140. The molecule has 0 aromatic heterocycles. The first-order valence-electron chi connectivity index (χ1n) is 9.82. The van der Waals surface area contributed by atoms with Gasteiger partial charge in [-0.3, -0.25) is 0 Å². The van der Waals surface area contributed by atoms with E-state index in [-0.39, 0.29) is 11.0 Å². The zero-order valence-electron chi connectivity index (χ0n) is 15.7. The Morgan fingerprint density at radius 2 is 1.83 bits per heavy atom. The topological polar surface area (TPSA) is 32.3 Å². The summed E-state index contributed by atoms with van der Waals surface area (Å²) in [6.45, 7) is 9.25. The highest BCUT2D eigenvalue weighted by molar-refractivity contribution is 5.30. The molecule has 0 radical (unpaired) electrons. The van der Waals surface area contributed by atoms with E-state index in [4.69, 9.17) is 0 Å². The zero-order valence-corrected chi connectivity index (χ0v) is 15.7. The van der Waals surface area contributed by atoms with Crippen molar-refractivity contribution in [1.82, 2.24) is 5.32 Å². The second kappa shape index (κ2) is 5.57. The summed E-state index contributed by atoms with van der Waals surface area (Å²) in [7, 11) is 0. The van der Waals surface area contributed by atoms with Gasteiger partial charge in [-0.1, -0.05) is 43.7 Å². The molecule has 1 aromatic rings. The smallest absolute Gasteiger partial charge is 0.0657 e. The van der Waals surface area contributed by atoms with Gasteiger partial charge >= 0.3 is 0 Å². The van der Waals surface area contributed by atoms with Crippen LogP contribution in [0.15, 0.2) is 24.3 Å². The first kappa shape index (κ1) is 16.6. The van der Waals surface area contributed by atoms with Crippen LogP contribution in [0.25, 0.3) is 0 Å². The van der Waals surface area contributed by atoms with Gasteiger partial charge in [0.2, 0.25) is 0 Å². The molecule has 3 atom stereocenters. The summed E-state index contributed by atoms with van der Waals surface area (Å²) in [6, 6.07) is 9.98. The molecule has 4 bridgehead atoms. The maximum atomic E-state index is 10.8. The molecule has 0 saturated heterocycles. The minimum absolute atomic E-state index is 0.109. The number of aryl methyl sites for hydroxylation is 1. The molecular formula is C22H33NO. The third kappa shape index (κ3) is 2.72. The molecule has 2 N–H and O–H groups in total. The molecule has 1 aromatic carbocycles. The van der Waals surface area contributed by atoms with Crippen LogP contribution in [-0.2, 0) is 5.41 Å². The summed E-state index contributed by atoms with van der Waals surface area (Å²) in [5.41, 5.74) is 2.54. The third-order valence-corrected chi connectivity index (χ3v) is 7.53. The number of rotatable bonds is 4. The Kier molecular flexibility index (Phi) is 3.85. The summed E-state index contributed by atoms with van der Waals surface area (Å²) >= 11 is 0. The van der Waals surface area contributed by atoms with Crippen molar-refractivity contribution in [1.29, 1.82) is 0 Å². The molecule has 2 nitrogen and oxygen atoms in total. The molecule has 3 unspecified atom stereocenters. The molecule has 2 heteroatoms. The number of aliphatic hydroxyl groups is 1. The summed E-state index contributed by atoms with van der Waals surface area (Å²) in [5, 5.41) is 14.8. The largest absolute Gasteiger partial charge is 0.390 e. The van der Waals surface area contributed by atoms with Crippen LogP contribution in [0.3, 0.4) is 0 Å². The normalized spacial score (nSPS) is 39.2. The maximum Gasteiger partial charge on any atom is 0.0657 e. The molecule has 4 aliphatic carbocycles. The van der Waals surface area contributed by atoms with Crippen molar-refractivity contribution in [2.75, 3.05) is 0 Å². The first-order chi connectivity index (χ1) is 11.3. The Bertz CT molecular complexity index is 606. The summed E-state index contributed by atoms with van der Waals surface area (Å²) in [5.74, 6) is 2.14. The lowest BCUT2D eigenvalue weighted by Gasteiger charge is -2.59. The minimum Gasteiger partial charge on any atom is -0.390 e. The molecule has 132 valence electrons. The standard InChI is InChI=1S/C22H33NO/c1-14-6-5-7-19(8-14)21(3,4)15(2)23-20-17-9-16-10-18(20)13-22(24,11-16)12-17/h5-8,15-18,20,23-24H,9-13H2,1-4H3. The van der Waals surface area contributed by atoms with Gasteiger partial charge in [0.1, 0.15) is 0 Å². The summed E-state index contributed by atoms with van der Waals surface area (Å²) < 4.78 is 0. The van der Waals surface area contributed by atoms with Crippen molar-refractivity contribution in [2.45, 2.75) is 82.9 Å². The van der Waals surface area contributed by atoms with Gasteiger partial charge in [0.05, 0.1) is 5.60 Å². The molecule has 0 heterocycles. The molecule has 4 aliphatic rings. The fourth-order valence-corrected chi connectivity index (χ4v) is 6.05. The molecule has 0 amide bonds. The first-order valence-corrected chi connectivity index (χ1v) is 9.82. The van der Waals surface area contributed by atoms with E-state index >= 15 is 0 Å². The van der Waals surface area contributed by atoms with E-state index in [9.17, 15) is 5.11 Å². The Labute approximate surface area is 147 Å². The number of nitrogens with one attached hydrogen (secondary N) is 1. The van der Waals surface area contributed by atoms with Crippen LogP contribution in [0, 0.1) is 24.7 Å². The number of hydrogen-bond donors (Lipinski definition) is 2. The predicted octanol–water partition coefficient (Wildman–Crippen LogP) is 4.19. The van der Waals surface area contributed by atoms with E-state index in [1.54, 1.807) is 0 Å². The van der Waals surface area contributed by atoms with Gasteiger partial charge in [-0.25, -0.2) is 0 Å². The Morgan fingerprint density at radius 3 is 2.42 bits per heavy atom. The second-order valence-electron chi connectivity index (χ2n) is 9.70. The monoisotopic (exact) mass is 327 g/mol. The molecule has 4 fully saturated rings. The third-order valence-electron chi connectivity index (χ3n) is 7.53. The van der Waals surface area contributed by atoms with Crippen molar-refractivity contribution in [2.24, 2.45) is 17.8 Å². The maximum absolute atomic E-state index is 10.8. The molecule has 24 heavy (non-hydrogen) atoms. The average Bonchev–Trinajstić information content (AvgIpc) is 2.49. The van der Waals surface area contributed by atoms with Gasteiger partial charge in [-0.15, -0.1) is 0 Å². The number of hydrogen-bond acceptors (Lipinski definition) is 2.